The number of likely N-dealkylation sites (N-methyl/N-ethyl adjacent to an activating group) is 1. The average molecular weight is 723 g/mol. The number of hydrogen-bond donors (Lipinski definition) is 3. The van der Waals surface area contributed by atoms with Crippen LogP contribution in [-0.4, -0.2) is 99.3 Å². The van der Waals surface area contributed by atoms with Crippen LogP contribution in [0.25, 0.3) is 11.1 Å². The number of carboxylic acids is 1. The summed E-state index contributed by atoms with van der Waals surface area (Å²) in [4.78, 5) is 38.5. The van der Waals surface area contributed by atoms with Crippen molar-refractivity contribution in [1.29, 1.82) is 0 Å². The second-order valence-corrected chi connectivity index (χ2v) is 13.5. The summed E-state index contributed by atoms with van der Waals surface area (Å²) in [6, 6.07) is 17.9. The number of benzene rings is 2. The first-order chi connectivity index (χ1) is 24.9. The van der Waals surface area contributed by atoms with Gasteiger partial charge in [0, 0.05) is 38.4 Å². The Morgan fingerprint density at radius 1 is 0.865 bits per heavy atom. The van der Waals surface area contributed by atoms with Crippen molar-refractivity contribution in [2.75, 3.05) is 72.9 Å². The number of aliphatic carboxylic acids is 1. The van der Waals surface area contributed by atoms with Gasteiger partial charge in [0.1, 0.15) is 6.04 Å². The van der Waals surface area contributed by atoms with Crippen LogP contribution < -0.4 is 16.6 Å². The maximum absolute atomic E-state index is 12.9. The SMILES string of the molecule is CC(C)CCC(C(=O)NCCC(=O)O)n1ccc(CCN(C)CCOCCOCCOCCN)cc1=O.Cc1cc(C)c(-c2ccccc2)c(C)c1. The number of nitrogens with two attached hydrogens (primary N) is 1. The van der Waals surface area contributed by atoms with Crippen LogP contribution in [0.5, 0.6) is 0 Å². The average Bonchev–Trinajstić information content (AvgIpc) is 3.09. The lowest BCUT2D eigenvalue weighted by Crippen LogP contribution is -2.38. The van der Waals surface area contributed by atoms with E-state index in [-0.39, 0.29) is 24.4 Å². The molecule has 0 spiro atoms. The predicted octanol–water partition coefficient (Wildman–Crippen LogP) is 5.18. The molecule has 11 heteroatoms. The third-order valence-electron chi connectivity index (χ3n) is 8.45. The van der Waals surface area contributed by atoms with Gasteiger partial charge < -0.3 is 39.8 Å². The molecule has 0 aliphatic rings. The number of hydrogen-bond acceptors (Lipinski definition) is 8. The molecule has 1 heterocycles. The zero-order valence-corrected chi connectivity index (χ0v) is 32.2. The molecule has 0 radical (unpaired) electrons. The Morgan fingerprint density at radius 2 is 1.48 bits per heavy atom. The Labute approximate surface area is 310 Å². The molecule has 0 aliphatic heterocycles. The number of amides is 1. The molecule has 0 bridgehead atoms. The predicted molar refractivity (Wildman–Crippen MR) is 208 cm³/mol. The zero-order chi connectivity index (χ0) is 38.3. The van der Waals surface area contributed by atoms with Crippen LogP contribution in [0.3, 0.4) is 0 Å². The molecule has 0 saturated carbocycles. The molecule has 1 unspecified atom stereocenters. The largest absolute Gasteiger partial charge is 0.481 e. The summed E-state index contributed by atoms with van der Waals surface area (Å²) in [7, 11) is 2.00. The number of ether oxygens (including phenoxy) is 3. The zero-order valence-electron chi connectivity index (χ0n) is 32.2. The Kier molecular flexibility index (Phi) is 21.4. The quantitative estimate of drug-likeness (QED) is 0.113. The summed E-state index contributed by atoms with van der Waals surface area (Å²) < 4.78 is 17.7. The molecule has 0 fully saturated rings. The lowest BCUT2D eigenvalue weighted by Gasteiger charge is -2.21. The highest BCUT2D eigenvalue weighted by Crippen LogP contribution is 2.27. The number of aromatic nitrogens is 1. The molecule has 1 atom stereocenters. The summed E-state index contributed by atoms with van der Waals surface area (Å²) in [6.07, 6.45) is 3.48. The van der Waals surface area contributed by atoms with Crippen molar-refractivity contribution in [2.24, 2.45) is 11.7 Å². The minimum absolute atomic E-state index is 0.0342. The first kappa shape index (κ1) is 44.3. The van der Waals surface area contributed by atoms with Gasteiger partial charge in [0.25, 0.3) is 5.56 Å². The number of nitrogens with zero attached hydrogens (tertiary/aromatic N) is 2. The van der Waals surface area contributed by atoms with Gasteiger partial charge in [-0.1, -0.05) is 61.9 Å². The number of rotatable bonds is 23. The van der Waals surface area contributed by atoms with Gasteiger partial charge in [0.05, 0.1) is 46.1 Å². The van der Waals surface area contributed by atoms with E-state index in [4.69, 9.17) is 25.1 Å². The van der Waals surface area contributed by atoms with Gasteiger partial charge in [-0.2, -0.15) is 0 Å². The molecular formula is C41H62N4O7. The Hall–Kier alpha value is -3.87. The fourth-order valence-electron chi connectivity index (χ4n) is 5.76. The molecule has 3 rings (SSSR count). The molecule has 0 aliphatic carbocycles. The topological polar surface area (TPSA) is 145 Å². The van der Waals surface area contributed by atoms with Crippen LogP contribution in [0, 0.1) is 26.7 Å². The van der Waals surface area contributed by atoms with Gasteiger partial charge in [-0.3, -0.25) is 14.4 Å². The lowest BCUT2D eigenvalue weighted by molar-refractivity contribution is -0.137. The highest BCUT2D eigenvalue weighted by atomic mass is 16.5. The van der Waals surface area contributed by atoms with Crippen molar-refractivity contribution in [3.05, 3.63) is 93.4 Å². The fourth-order valence-corrected chi connectivity index (χ4v) is 5.76. The third kappa shape index (κ3) is 17.6. The van der Waals surface area contributed by atoms with Crippen LogP contribution in [0.2, 0.25) is 0 Å². The number of carbonyl (C=O) groups is 2. The smallest absolute Gasteiger partial charge is 0.305 e. The lowest BCUT2D eigenvalue weighted by atomic mass is 9.94. The van der Waals surface area contributed by atoms with Crippen molar-refractivity contribution < 1.29 is 28.9 Å². The Balaban J connectivity index is 0.000000512. The van der Waals surface area contributed by atoms with Crippen molar-refractivity contribution >= 4 is 11.9 Å². The van der Waals surface area contributed by atoms with Crippen LogP contribution in [0.15, 0.2) is 65.6 Å². The minimum atomic E-state index is -0.980. The fraction of sp³-hybridized carbons (Fsp3) is 0.537. The molecule has 2 aromatic carbocycles. The van der Waals surface area contributed by atoms with Gasteiger partial charge in [0.15, 0.2) is 0 Å². The van der Waals surface area contributed by atoms with E-state index < -0.39 is 12.0 Å². The molecule has 4 N–H and O–H groups in total. The van der Waals surface area contributed by atoms with E-state index in [1.807, 2.05) is 13.1 Å². The van der Waals surface area contributed by atoms with Crippen molar-refractivity contribution in [2.45, 2.75) is 66.3 Å². The van der Waals surface area contributed by atoms with Crippen molar-refractivity contribution in [1.82, 2.24) is 14.8 Å². The van der Waals surface area contributed by atoms with E-state index in [9.17, 15) is 14.4 Å². The molecule has 1 amide bonds. The maximum Gasteiger partial charge on any atom is 0.305 e. The van der Waals surface area contributed by atoms with Gasteiger partial charge in [-0.25, -0.2) is 0 Å². The Bertz CT molecular complexity index is 1500. The molecule has 52 heavy (non-hydrogen) atoms. The van der Waals surface area contributed by atoms with Gasteiger partial charge >= 0.3 is 5.97 Å². The number of carbonyl (C=O) groups excluding carboxylic acids is 1. The number of carboxylic acid groups (broad SMARTS) is 1. The van der Waals surface area contributed by atoms with Crippen LogP contribution >= 0.6 is 0 Å². The molecular weight excluding hydrogens is 660 g/mol. The number of pyridine rings is 1. The van der Waals surface area contributed by atoms with Crippen molar-refractivity contribution in [3.8, 4) is 11.1 Å². The van der Waals surface area contributed by atoms with Gasteiger partial charge in [0.2, 0.25) is 5.91 Å². The standard InChI is InChI=1S/C26H46N4O7.C15H16/c1-21(2)4-5-23(26(34)28-10-6-25(32)33)30-12-8-22(20-24(30)31)7-11-29(3)13-15-36-17-19-37-18-16-35-14-9-27;1-11-9-12(2)15(13(3)10-11)14-7-5-4-6-8-14/h8,12,20-21,23H,4-7,9-11,13-19,27H2,1-3H3,(H,28,34)(H,32,33);4-10H,1-3H3. The maximum atomic E-state index is 12.9. The summed E-state index contributed by atoms with van der Waals surface area (Å²) in [5.41, 5.74) is 12.7. The molecule has 288 valence electrons. The second kappa shape index (κ2) is 25.2. The molecule has 0 saturated heterocycles. The minimum Gasteiger partial charge on any atom is -0.481 e. The van der Waals surface area contributed by atoms with Gasteiger partial charge in [-0.05, 0) is 86.9 Å². The first-order valence-electron chi connectivity index (χ1n) is 18.4. The van der Waals surface area contributed by atoms with E-state index in [2.05, 4.69) is 87.3 Å². The van der Waals surface area contributed by atoms with E-state index in [0.717, 1.165) is 25.1 Å². The molecule has 11 nitrogen and oxygen atoms in total. The van der Waals surface area contributed by atoms with Crippen molar-refractivity contribution in [3.63, 3.8) is 0 Å². The normalized spacial score (nSPS) is 11.7. The number of nitrogens with one attached hydrogen (secondary N) is 1. The highest BCUT2D eigenvalue weighted by Gasteiger charge is 2.22. The highest BCUT2D eigenvalue weighted by molar-refractivity contribution is 5.80. The molecule has 1 aromatic heterocycles. The monoisotopic (exact) mass is 722 g/mol. The summed E-state index contributed by atoms with van der Waals surface area (Å²) >= 11 is 0. The summed E-state index contributed by atoms with van der Waals surface area (Å²) in [6.45, 7) is 15.9. The van der Waals surface area contributed by atoms with Crippen LogP contribution in [0.1, 0.15) is 61.4 Å². The first-order valence-corrected chi connectivity index (χ1v) is 18.4. The summed E-state index contributed by atoms with van der Waals surface area (Å²) in [5, 5.41) is 11.5. The van der Waals surface area contributed by atoms with Gasteiger partial charge in [-0.15, -0.1) is 0 Å². The van der Waals surface area contributed by atoms with Crippen LogP contribution in [-0.2, 0) is 30.2 Å². The van der Waals surface area contributed by atoms with E-state index in [0.29, 0.717) is 64.9 Å². The third-order valence-corrected chi connectivity index (χ3v) is 8.45. The summed E-state index contributed by atoms with van der Waals surface area (Å²) in [5.74, 6) is -0.939. The Morgan fingerprint density at radius 3 is 2.06 bits per heavy atom. The molecule has 3 aromatic rings. The van der Waals surface area contributed by atoms with E-state index >= 15 is 0 Å². The van der Waals surface area contributed by atoms with E-state index in [1.165, 1.54) is 32.4 Å². The number of aryl methyl sites for hydroxylation is 3. The second-order valence-electron chi connectivity index (χ2n) is 13.5. The van der Waals surface area contributed by atoms with Crippen LogP contribution in [0.4, 0.5) is 0 Å². The van der Waals surface area contributed by atoms with E-state index in [1.54, 1.807) is 12.3 Å².